The Morgan fingerprint density at radius 3 is 2.79 bits per heavy atom. The van der Waals surface area contributed by atoms with Crippen molar-refractivity contribution >= 4 is 21.8 Å². The van der Waals surface area contributed by atoms with E-state index in [0.29, 0.717) is 25.4 Å². The summed E-state index contributed by atoms with van der Waals surface area (Å²) in [5.74, 6) is 1.44. The normalized spacial score (nSPS) is 15.5. The van der Waals surface area contributed by atoms with Crippen molar-refractivity contribution in [1.82, 2.24) is 15.0 Å². The SMILES string of the molecule is Cc1noc(C)c1CC(=O)N1CCC(Oc2ncccc2Br)CC1. The molecule has 128 valence electrons. The van der Waals surface area contributed by atoms with Crippen molar-refractivity contribution in [2.24, 2.45) is 0 Å². The average Bonchev–Trinajstić information content (AvgIpc) is 2.89. The number of hydrogen-bond donors (Lipinski definition) is 0. The number of carbonyl (C=O) groups is 1. The molecule has 7 heteroatoms. The topological polar surface area (TPSA) is 68.5 Å². The third kappa shape index (κ3) is 3.77. The fourth-order valence-corrected chi connectivity index (χ4v) is 3.20. The number of carbonyl (C=O) groups excluding carboxylic acids is 1. The third-order valence-electron chi connectivity index (χ3n) is 4.31. The second-order valence-corrected chi connectivity index (χ2v) is 6.82. The van der Waals surface area contributed by atoms with Crippen LogP contribution in [-0.2, 0) is 11.2 Å². The van der Waals surface area contributed by atoms with E-state index in [1.807, 2.05) is 30.9 Å². The van der Waals surface area contributed by atoms with Crippen LogP contribution in [0.3, 0.4) is 0 Å². The van der Waals surface area contributed by atoms with Gasteiger partial charge in [0.15, 0.2) is 0 Å². The zero-order chi connectivity index (χ0) is 17.1. The molecule has 2 aromatic rings. The number of hydrogen-bond acceptors (Lipinski definition) is 5. The molecule has 0 radical (unpaired) electrons. The van der Waals surface area contributed by atoms with Crippen LogP contribution in [0.4, 0.5) is 0 Å². The summed E-state index contributed by atoms with van der Waals surface area (Å²) in [6.07, 6.45) is 3.74. The van der Waals surface area contributed by atoms with Gasteiger partial charge in [0, 0.05) is 37.7 Å². The molecule has 0 saturated carbocycles. The second-order valence-electron chi connectivity index (χ2n) is 5.97. The molecular weight excluding hydrogens is 374 g/mol. The summed E-state index contributed by atoms with van der Waals surface area (Å²) in [4.78, 5) is 18.6. The van der Waals surface area contributed by atoms with Gasteiger partial charge in [-0.05, 0) is 41.9 Å². The molecule has 3 rings (SSSR count). The van der Waals surface area contributed by atoms with Gasteiger partial charge in [-0.25, -0.2) is 4.98 Å². The summed E-state index contributed by atoms with van der Waals surface area (Å²) >= 11 is 3.44. The minimum Gasteiger partial charge on any atom is -0.473 e. The van der Waals surface area contributed by atoms with Crippen molar-refractivity contribution in [2.75, 3.05) is 13.1 Å². The van der Waals surface area contributed by atoms with Gasteiger partial charge in [0.25, 0.3) is 0 Å². The lowest BCUT2D eigenvalue weighted by atomic mass is 10.1. The Labute approximate surface area is 149 Å². The fraction of sp³-hybridized carbons (Fsp3) is 0.471. The van der Waals surface area contributed by atoms with Crippen molar-refractivity contribution in [2.45, 2.75) is 39.2 Å². The maximum absolute atomic E-state index is 12.5. The first-order valence-corrected chi connectivity index (χ1v) is 8.80. The molecule has 0 spiro atoms. The highest BCUT2D eigenvalue weighted by atomic mass is 79.9. The minimum absolute atomic E-state index is 0.0827. The van der Waals surface area contributed by atoms with E-state index in [9.17, 15) is 4.79 Å². The standard InChI is InChI=1S/C17H20BrN3O3/c1-11-14(12(2)24-20-11)10-16(22)21-8-5-13(6-9-21)23-17-15(18)4-3-7-19-17/h3-4,7,13H,5-6,8-10H2,1-2H3. The van der Waals surface area contributed by atoms with Gasteiger partial charge < -0.3 is 14.2 Å². The number of aryl methyl sites for hydroxylation is 2. The Morgan fingerprint density at radius 2 is 2.17 bits per heavy atom. The number of halogens is 1. The smallest absolute Gasteiger partial charge is 0.228 e. The number of rotatable bonds is 4. The molecule has 1 fully saturated rings. The van der Waals surface area contributed by atoms with E-state index in [-0.39, 0.29) is 12.0 Å². The molecule has 3 heterocycles. The lowest BCUT2D eigenvalue weighted by Crippen LogP contribution is -2.42. The molecule has 0 N–H and O–H groups in total. The number of nitrogens with zero attached hydrogens (tertiary/aromatic N) is 3. The van der Waals surface area contributed by atoms with Crippen LogP contribution in [-0.4, -0.2) is 40.1 Å². The predicted octanol–water partition coefficient (Wildman–Crippen LogP) is 3.06. The van der Waals surface area contributed by atoms with Crippen molar-refractivity contribution in [3.05, 3.63) is 39.8 Å². The fourth-order valence-electron chi connectivity index (χ4n) is 2.86. The van der Waals surface area contributed by atoms with Gasteiger partial charge in [-0.15, -0.1) is 0 Å². The van der Waals surface area contributed by atoms with Crippen LogP contribution in [0.25, 0.3) is 0 Å². The summed E-state index contributed by atoms with van der Waals surface area (Å²) in [5, 5.41) is 3.90. The lowest BCUT2D eigenvalue weighted by Gasteiger charge is -2.32. The first kappa shape index (κ1) is 17.0. The highest BCUT2D eigenvalue weighted by Crippen LogP contribution is 2.25. The van der Waals surface area contributed by atoms with Gasteiger partial charge in [-0.3, -0.25) is 4.79 Å². The zero-order valence-electron chi connectivity index (χ0n) is 13.8. The van der Waals surface area contributed by atoms with Crippen LogP contribution in [0.2, 0.25) is 0 Å². The van der Waals surface area contributed by atoms with E-state index in [1.54, 1.807) is 6.20 Å². The number of amides is 1. The Balaban J connectivity index is 1.53. The quantitative estimate of drug-likeness (QED) is 0.798. The van der Waals surface area contributed by atoms with Crippen LogP contribution in [0, 0.1) is 13.8 Å². The number of pyridine rings is 1. The van der Waals surface area contributed by atoms with Gasteiger partial charge >= 0.3 is 0 Å². The second kappa shape index (κ2) is 7.34. The highest BCUT2D eigenvalue weighted by molar-refractivity contribution is 9.10. The summed E-state index contributed by atoms with van der Waals surface area (Å²) in [6, 6.07) is 3.76. The van der Waals surface area contributed by atoms with Crippen LogP contribution in [0.15, 0.2) is 27.3 Å². The number of ether oxygens (including phenoxy) is 1. The van der Waals surface area contributed by atoms with Gasteiger partial charge in [-0.1, -0.05) is 5.16 Å². The van der Waals surface area contributed by atoms with Crippen molar-refractivity contribution in [1.29, 1.82) is 0 Å². The molecule has 2 aromatic heterocycles. The average molecular weight is 394 g/mol. The molecule has 1 saturated heterocycles. The Bertz CT molecular complexity index is 704. The van der Waals surface area contributed by atoms with Crippen molar-refractivity contribution in [3.63, 3.8) is 0 Å². The first-order valence-electron chi connectivity index (χ1n) is 8.01. The molecule has 0 bridgehead atoms. The Morgan fingerprint density at radius 1 is 1.42 bits per heavy atom. The van der Waals surface area contributed by atoms with E-state index in [4.69, 9.17) is 9.26 Å². The molecule has 0 aromatic carbocycles. The molecule has 24 heavy (non-hydrogen) atoms. The summed E-state index contributed by atoms with van der Waals surface area (Å²) < 4.78 is 11.9. The van der Waals surface area contributed by atoms with Gasteiger partial charge in [0.1, 0.15) is 11.9 Å². The summed E-state index contributed by atoms with van der Waals surface area (Å²) in [7, 11) is 0. The maximum Gasteiger partial charge on any atom is 0.228 e. The van der Waals surface area contributed by atoms with Gasteiger partial charge in [-0.2, -0.15) is 0 Å². The number of aromatic nitrogens is 2. The molecule has 0 unspecified atom stereocenters. The van der Waals surface area contributed by atoms with Crippen molar-refractivity contribution < 1.29 is 14.1 Å². The third-order valence-corrected chi connectivity index (χ3v) is 4.91. The van der Waals surface area contributed by atoms with Crippen LogP contribution in [0.1, 0.15) is 29.9 Å². The molecule has 1 aliphatic rings. The molecule has 0 atom stereocenters. The van der Waals surface area contributed by atoms with E-state index < -0.39 is 0 Å². The maximum atomic E-state index is 12.5. The Kier molecular flexibility index (Phi) is 5.18. The molecule has 1 aliphatic heterocycles. The van der Waals surface area contributed by atoms with Crippen LogP contribution in [0.5, 0.6) is 5.88 Å². The van der Waals surface area contributed by atoms with Crippen molar-refractivity contribution in [3.8, 4) is 5.88 Å². The van der Waals surface area contributed by atoms with E-state index >= 15 is 0 Å². The Hall–Kier alpha value is -1.89. The highest BCUT2D eigenvalue weighted by Gasteiger charge is 2.26. The largest absolute Gasteiger partial charge is 0.473 e. The summed E-state index contributed by atoms with van der Waals surface area (Å²) in [5.41, 5.74) is 1.69. The summed E-state index contributed by atoms with van der Waals surface area (Å²) in [6.45, 7) is 5.09. The monoisotopic (exact) mass is 393 g/mol. The number of likely N-dealkylation sites (tertiary alicyclic amines) is 1. The lowest BCUT2D eigenvalue weighted by molar-refractivity contribution is -0.132. The molecule has 1 amide bonds. The van der Waals surface area contributed by atoms with Gasteiger partial charge in [0.05, 0.1) is 16.6 Å². The van der Waals surface area contributed by atoms with E-state index in [1.165, 1.54) is 0 Å². The molecular formula is C17H20BrN3O3. The van der Waals surface area contributed by atoms with E-state index in [0.717, 1.165) is 34.3 Å². The zero-order valence-corrected chi connectivity index (χ0v) is 15.4. The van der Waals surface area contributed by atoms with Gasteiger partial charge in [0.2, 0.25) is 11.8 Å². The first-order chi connectivity index (χ1) is 11.5. The molecule has 0 aliphatic carbocycles. The number of piperidine rings is 1. The van der Waals surface area contributed by atoms with E-state index in [2.05, 4.69) is 26.1 Å². The predicted molar refractivity (Wildman–Crippen MR) is 91.8 cm³/mol. The van der Waals surface area contributed by atoms with Crippen LogP contribution >= 0.6 is 15.9 Å². The molecule has 6 nitrogen and oxygen atoms in total. The minimum atomic E-state index is 0.0827. The van der Waals surface area contributed by atoms with Crippen LogP contribution < -0.4 is 4.74 Å².